The number of rotatable bonds is 1. The molecule has 4 aliphatic carbocycles. The van der Waals surface area contributed by atoms with E-state index in [9.17, 15) is 0 Å². The lowest BCUT2D eigenvalue weighted by Crippen LogP contribution is -2.51. The summed E-state index contributed by atoms with van der Waals surface area (Å²) < 4.78 is 4.72. The van der Waals surface area contributed by atoms with Gasteiger partial charge in [-0.05, 0) is 109 Å². The molecule has 0 radical (unpaired) electrons. The second-order valence-electron chi connectivity index (χ2n) is 7.57. The van der Waals surface area contributed by atoms with Gasteiger partial charge in [-0.2, -0.15) is 0 Å². The largest absolute Gasteiger partial charge is 0.331 e. The first-order chi connectivity index (χ1) is 10.1. The van der Waals surface area contributed by atoms with Crippen LogP contribution < -0.4 is 0 Å². The second-order valence-corrected chi connectivity index (χ2v) is 9.20. The fourth-order valence-corrected chi connectivity index (χ4v) is 6.79. The molecule has 4 heteroatoms. The van der Waals surface area contributed by atoms with Crippen molar-refractivity contribution >= 4 is 45.8 Å². The van der Waals surface area contributed by atoms with Gasteiger partial charge in [-0.25, -0.2) is 0 Å². The fraction of sp³-hybridized carbons (Fsp3) is 0.588. The number of fused-ring (bicyclic) bond motifs is 1. The van der Waals surface area contributed by atoms with Gasteiger partial charge in [-0.3, -0.25) is 0 Å². The number of hydrogen-bond donors (Lipinski definition) is 1. The van der Waals surface area contributed by atoms with Crippen molar-refractivity contribution in [3.63, 3.8) is 0 Å². The number of H-pyrrole nitrogens is 1. The molecule has 0 aliphatic heterocycles. The van der Waals surface area contributed by atoms with Gasteiger partial charge in [-0.15, -0.1) is 0 Å². The third-order valence-electron chi connectivity index (χ3n) is 6.12. The van der Waals surface area contributed by atoms with Crippen molar-refractivity contribution in [2.45, 2.75) is 44.1 Å². The molecule has 6 rings (SSSR count). The predicted octanol–water partition coefficient (Wildman–Crippen LogP) is 5.23. The molecular weight excluding hydrogens is 391 g/mol. The van der Waals surface area contributed by atoms with Crippen LogP contribution in [-0.4, -0.2) is 9.55 Å². The number of benzene rings is 1. The van der Waals surface area contributed by atoms with E-state index in [1.165, 1.54) is 53.1 Å². The van der Waals surface area contributed by atoms with Gasteiger partial charge in [0.15, 0.2) is 4.77 Å². The van der Waals surface area contributed by atoms with Crippen LogP contribution in [0.1, 0.15) is 38.5 Å². The van der Waals surface area contributed by atoms with Crippen LogP contribution in [0.25, 0.3) is 11.0 Å². The minimum absolute atomic E-state index is 0.316. The van der Waals surface area contributed by atoms with Crippen molar-refractivity contribution in [2.24, 2.45) is 17.8 Å². The molecule has 4 fully saturated rings. The molecule has 0 atom stereocenters. The van der Waals surface area contributed by atoms with Gasteiger partial charge in [0.25, 0.3) is 0 Å². The first-order valence-electron chi connectivity index (χ1n) is 8.04. The number of imidazole rings is 1. The Hall–Kier alpha value is -0.360. The molecule has 4 bridgehead atoms. The Kier molecular flexibility index (Phi) is 2.71. The van der Waals surface area contributed by atoms with E-state index >= 15 is 0 Å². The fourth-order valence-electron chi connectivity index (χ4n) is 5.89. The van der Waals surface area contributed by atoms with Crippen molar-refractivity contribution in [3.8, 4) is 0 Å². The molecule has 0 saturated heterocycles. The monoisotopic (exact) mass is 410 g/mol. The molecule has 2 aromatic rings. The minimum Gasteiger partial charge on any atom is -0.331 e. The number of nitrogens with zero attached hydrogens (tertiary/aromatic N) is 1. The summed E-state index contributed by atoms with van der Waals surface area (Å²) in [4.78, 5) is 3.47. The van der Waals surface area contributed by atoms with Gasteiger partial charge in [0.1, 0.15) is 0 Å². The third-order valence-corrected chi connectivity index (χ3v) is 7.08. The average molecular weight is 410 g/mol. The van der Waals surface area contributed by atoms with Crippen LogP contribution in [0.3, 0.4) is 0 Å². The molecule has 1 aromatic heterocycles. The smallest absolute Gasteiger partial charge is 0.178 e. The van der Waals surface area contributed by atoms with Gasteiger partial charge in [-0.1, -0.05) is 0 Å². The van der Waals surface area contributed by atoms with E-state index in [-0.39, 0.29) is 0 Å². The molecule has 0 unspecified atom stereocenters. The maximum absolute atomic E-state index is 5.74. The summed E-state index contributed by atoms with van der Waals surface area (Å²) in [5.74, 6) is 2.85. The standard InChI is InChI=1S/C17H19IN2S/c18-13-1-2-15-14(6-13)19-16(21)20(15)17-7-10-3-11(8-17)5-12(4-10)9-17/h1-2,6,10-12H,3-5,7-9H2,(H,19,21). The Morgan fingerprint density at radius 2 is 1.71 bits per heavy atom. The maximum Gasteiger partial charge on any atom is 0.178 e. The van der Waals surface area contributed by atoms with Crippen LogP contribution >= 0.6 is 34.8 Å². The van der Waals surface area contributed by atoms with Gasteiger partial charge >= 0.3 is 0 Å². The average Bonchev–Trinajstić information content (AvgIpc) is 2.72. The molecule has 110 valence electrons. The summed E-state index contributed by atoms with van der Waals surface area (Å²) in [5.41, 5.74) is 2.85. The van der Waals surface area contributed by atoms with Crippen LogP contribution in [0, 0.1) is 26.1 Å². The second kappa shape index (κ2) is 4.34. The molecule has 1 heterocycles. The highest BCUT2D eigenvalue weighted by molar-refractivity contribution is 14.1. The molecule has 0 amide bonds. The topological polar surface area (TPSA) is 20.7 Å². The SMILES string of the molecule is S=c1[nH]c2cc(I)ccc2n1C12CC3CC(CC(C3)C1)C2. The number of hydrogen-bond acceptors (Lipinski definition) is 1. The molecule has 0 spiro atoms. The highest BCUT2D eigenvalue weighted by Crippen LogP contribution is 2.59. The summed E-state index contributed by atoms with van der Waals surface area (Å²) in [6, 6.07) is 6.70. The first-order valence-corrected chi connectivity index (χ1v) is 9.52. The summed E-state index contributed by atoms with van der Waals surface area (Å²) in [6.07, 6.45) is 8.50. The van der Waals surface area contributed by atoms with Crippen LogP contribution in [-0.2, 0) is 5.54 Å². The number of aromatic amines is 1. The normalized spacial score (nSPS) is 37.5. The summed E-state index contributed by atoms with van der Waals surface area (Å²) in [7, 11) is 0. The molecule has 21 heavy (non-hydrogen) atoms. The van der Waals surface area contributed by atoms with Crippen LogP contribution in [0.5, 0.6) is 0 Å². The summed E-state index contributed by atoms with van der Waals surface area (Å²) in [6.45, 7) is 0. The van der Waals surface area contributed by atoms with Gasteiger partial charge in [0.05, 0.1) is 11.0 Å². The zero-order valence-electron chi connectivity index (χ0n) is 11.9. The van der Waals surface area contributed by atoms with Gasteiger partial charge in [0.2, 0.25) is 0 Å². The third kappa shape index (κ3) is 1.84. The van der Waals surface area contributed by atoms with Crippen molar-refractivity contribution < 1.29 is 0 Å². The minimum atomic E-state index is 0.316. The maximum atomic E-state index is 5.74. The van der Waals surface area contributed by atoms with Gasteiger partial charge < -0.3 is 9.55 Å². The Bertz CT molecular complexity index is 752. The van der Waals surface area contributed by atoms with Crippen molar-refractivity contribution in [1.82, 2.24) is 9.55 Å². The van der Waals surface area contributed by atoms with Crippen LogP contribution in [0.15, 0.2) is 18.2 Å². The van der Waals surface area contributed by atoms with Crippen molar-refractivity contribution in [3.05, 3.63) is 26.5 Å². The Morgan fingerprint density at radius 1 is 1.10 bits per heavy atom. The summed E-state index contributed by atoms with van der Waals surface area (Å²) in [5, 5.41) is 0. The molecular formula is C17H19IN2S. The van der Waals surface area contributed by atoms with E-state index < -0.39 is 0 Å². The summed E-state index contributed by atoms with van der Waals surface area (Å²) >= 11 is 8.11. The lowest BCUT2D eigenvalue weighted by Gasteiger charge is -2.57. The van der Waals surface area contributed by atoms with E-state index in [1.54, 1.807) is 0 Å². The molecule has 1 aromatic carbocycles. The predicted molar refractivity (Wildman–Crippen MR) is 96.0 cm³/mol. The Labute approximate surface area is 143 Å². The molecule has 4 saturated carbocycles. The lowest BCUT2D eigenvalue weighted by molar-refractivity contribution is -0.0416. The van der Waals surface area contributed by atoms with Crippen molar-refractivity contribution in [2.75, 3.05) is 0 Å². The molecule has 4 aliphatic rings. The number of aromatic nitrogens is 2. The quantitative estimate of drug-likeness (QED) is 0.505. The van der Waals surface area contributed by atoms with Crippen molar-refractivity contribution in [1.29, 1.82) is 0 Å². The Morgan fingerprint density at radius 3 is 2.33 bits per heavy atom. The van der Waals surface area contributed by atoms with E-state index in [0.717, 1.165) is 22.5 Å². The van der Waals surface area contributed by atoms with Gasteiger partial charge in [0, 0.05) is 9.11 Å². The number of halogens is 1. The highest BCUT2D eigenvalue weighted by atomic mass is 127. The first kappa shape index (κ1) is 13.1. The zero-order chi connectivity index (χ0) is 14.2. The van der Waals surface area contributed by atoms with Crippen LogP contribution in [0.2, 0.25) is 0 Å². The van der Waals surface area contributed by atoms with E-state index in [0.29, 0.717) is 5.54 Å². The lowest BCUT2D eigenvalue weighted by atomic mass is 9.53. The molecule has 1 N–H and O–H groups in total. The zero-order valence-corrected chi connectivity index (χ0v) is 14.9. The number of nitrogens with one attached hydrogen (secondary N) is 1. The Balaban J connectivity index is 1.74. The van der Waals surface area contributed by atoms with E-state index in [2.05, 4.69) is 50.3 Å². The highest BCUT2D eigenvalue weighted by Gasteiger charge is 2.52. The molecule has 2 nitrogen and oxygen atoms in total. The van der Waals surface area contributed by atoms with E-state index in [4.69, 9.17) is 12.2 Å². The van der Waals surface area contributed by atoms with Crippen LogP contribution in [0.4, 0.5) is 0 Å². The van der Waals surface area contributed by atoms with E-state index in [1.807, 2.05) is 0 Å².